The van der Waals surface area contributed by atoms with Crippen LogP contribution in [0.1, 0.15) is 25.7 Å². The zero-order valence-corrected chi connectivity index (χ0v) is 12.4. The minimum absolute atomic E-state index is 0.251. The molecule has 0 radical (unpaired) electrons. The Kier molecular flexibility index (Phi) is 4.29. The first-order chi connectivity index (χ1) is 8.49. The average Bonchev–Trinajstić information content (AvgIpc) is 2.83. The van der Waals surface area contributed by atoms with Crippen molar-refractivity contribution in [1.82, 2.24) is 4.72 Å². The molecule has 0 unspecified atom stereocenters. The van der Waals surface area contributed by atoms with Gasteiger partial charge in [0.15, 0.2) is 0 Å². The highest BCUT2D eigenvalue weighted by Gasteiger charge is 2.20. The SMILES string of the molecule is Nc1ccc(S(=O)(=O)NCC2CCCC2)cc1Br. The highest BCUT2D eigenvalue weighted by atomic mass is 79.9. The van der Waals surface area contributed by atoms with Gasteiger partial charge in [-0.1, -0.05) is 12.8 Å². The molecule has 0 aromatic heterocycles. The molecule has 1 aromatic rings. The molecule has 4 nitrogen and oxygen atoms in total. The molecular weight excluding hydrogens is 316 g/mol. The second kappa shape index (κ2) is 5.59. The lowest BCUT2D eigenvalue weighted by molar-refractivity contribution is 0.519. The molecule has 6 heteroatoms. The molecule has 1 aromatic carbocycles. The van der Waals surface area contributed by atoms with Crippen LogP contribution in [0.4, 0.5) is 5.69 Å². The van der Waals surface area contributed by atoms with E-state index in [9.17, 15) is 8.42 Å². The van der Waals surface area contributed by atoms with Crippen molar-refractivity contribution in [1.29, 1.82) is 0 Å². The van der Waals surface area contributed by atoms with E-state index in [0.717, 1.165) is 12.8 Å². The van der Waals surface area contributed by atoms with Gasteiger partial charge in [-0.25, -0.2) is 13.1 Å². The van der Waals surface area contributed by atoms with Crippen molar-refractivity contribution in [3.05, 3.63) is 22.7 Å². The third-order valence-electron chi connectivity index (χ3n) is 3.32. The fourth-order valence-corrected chi connectivity index (χ4v) is 3.87. The minimum atomic E-state index is -3.42. The lowest BCUT2D eigenvalue weighted by Gasteiger charge is -2.11. The molecule has 1 fully saturated rings. The minimum Gasteiger partial charge on any atom is -0.398 e. The van der Waals surface area contributed by atoms with Gasteiger partial charge in [-0.2, -0.15) is 0 Å². The Labute approximate surface area is 116 Å². The summed E-state index contributed by atoms with van der Waals surface area (Å²) in [4.78, 5) is 0.251. The van der Waals surface area contributed by atoms with Crippen LogP contribution in [0, 0.1) is 5.92 Å². The Hall–Kier alpha value is -0.590. The van der Waals surface area contributed by atoms with Gasteiger partial charge in [0, 0.05) is 16.7 Å². The number of nitrogen functional groups attached to an aromatic ring is 1. The highest BCUT2D eigenvalue weighted by molar-refractivity contribution is 9.10. The maximum Gasteiger partial charge on any atom is 0.240 e. The maximum absolute atomic E-state index is 12.1. The molecule has 1 saturated carbocycles. The lowest BCUT2D eigenvalue weighted by atomic mass is 10.1. The van der Waals surface area contributed by atoms with E-state index in [4.69, 9.17) is 5.73 Å². The summed E-state index contributed by atoms with van der Waals surface area (Å²) < 4.78 is 27.4. The predicted molar refractivity (Wildman–Crippen MR) is 75.7 cm³/mol. The molecule has 0 atom stereocenters. The van der Waals surface area contributed by atoms with E-state index in [1.807, 2.05) is 0 Å². The van der Waals surface area contributed by atoms with Crippen LogP contribution >= 0.6 is 15.9 Å². The van der Waals surface area contributed by atoms with Crippen LogP contribution in [-0.2, 0) is 10.0 Å². The second-order valence-electron chi connectivity index (χ2n) is 4.69. The molecule has 0 heterocycles. The Morgan fingerprint density at radius 2 is 2.00 bits per heavy atom. The van der Waals surface area contributed by atoms with E-state index in [2.05, 4.69) is 20.7 Å². The summed E-state index contributed by atoms with van der Waals surface area (Å²) >= 11 is 3.24. The number of anilines is 1. The molecule has 100 valence electrons. The van der Waals surface area contributed by atoms with Gasteiger partial charge in [-0.15, -0.1) is 0 Å². The smallest absolute Gasteiger partial charge is 0.240 e. The Morgan fingerprint density at radius 1 is 1.33 bits per heavy atom. The summed E-state index contributed by atoms with van der Waals surface area (Å²) in [5, 5.41) is 0. The van der Waals surface area contributed by atoms with Crippen molar-refractivity contribution < 1.29 is 8.42 Å². The second-order valence-corrected chi connectivity index (χ2v) is 7.31. The van der Waals surface area contributed by atoms with Gasteiger partial charge in [0.2, 0.25) is 10.0 Å². The number of nitrogens with one attached hydrogen (secondary N) is 1. The number of nitrogens with two attached hydrogens (primary N) is 1. The summed E-state index contributed by atoms with van der Waals surface area (Å²) in [6, 6.07) is 4.65. The Morgan fingerprint density at radius 3 is 2.61 bits per heavy atom. The standard InChI is InChI=1S/C12H17BrN2O2S/c13-11-7-10(5-6-12(11)14)18(16,17)15-8-9-3-1-2-4-9/h5-7,9,15H,1-4,8,14H2. The summed E-state index contributed by atoms with van der Waals surface area (Å²) in [6.45, 7) is 0.532. The van der Waals surface area contributed by atoms with Crippen LogP contribution in [0.2, 0.25) is 0 Å². The lowest BCUT2D eigenvalue weighted by Crippen LogP contribution is -2.28. The summed E-state index contributed by atoms with van der Waals surface area (Å²) in [7, 11) is -3.42. The molecule has 0 aliphatic heterocycles. The third kappa shape index (κ3) is 3.24. The van der Waals surface area contributed by atoms with Crippen molar-refractivity contribution in [2.75, 3.05) is 12.3 Å². The number of rotatable bonds is 4. The summed E-state index contributed by atoms with van der Waals surface area (Å²) in [5.41, 5.74) is 6.18. The van der Waals surface area contributed by atoms with Gasteiger partial charge in [0.1, 0.15) is 0 Å². The molecular formula is C12H17BrN2O2S. The van der Waals surface area contributed by atoms with Gasteiger partial charge >= 0.3 is 0 Å². The summed E-state index contributed by atoms with van der Waals surface area (Å²) in [6.07, 6.45) is 4.65. The molecule has 1 aliphatic rings. The normalized spacial score (nSPS) is 17.2. The zero-order chi connectivity index (χ0) is 13.2. The predicted octanol–water partition coefficient (Wildman–Crippen LogP) is 2.50. The topological polar surface area (TPSA) is 72.2 Å². The molecule has 3 N–H and O–H groups in total. The largest absolute Gasteiger partial charge is 0.398 e. The van der Waals surface area contributed by atoms with E-state index in [0.29, 0.717) is 22.6 Å². The Balaban J connectivity index is 2.07. The van der Waals surface area contributed by atoms with Crippen LogP contribution in [0.3, 0.4) is 0 Å². The molecule has 0 saturated heterocycles. The first-order valence-electron chi connectivity index (χ1n) is 6.04. The van der Waals surface area contributed by atoms with Gasteiger partial charge in [0.05, 0.1) is 4.90 Å². The maximum atomic E-state index is 12.1. The van der Waals surface area contributed by atoms with Gasteiger partial charge < -0.3 is 5.73 Å². The van der Waals surface area contributed by atoms with E-state index in [-0.39, 0.29) is 4.90 Å². The van der Waals surface area contributed by atoms with Crippen LogP contribution < -0.4 is 10.5 Å². The zero-order valence-electron chi connectivity index (χ0n) is 10.0. The van der Waals surface area contributed by atoms with Crippen LogP contribution in [0.15, 0.2) is 27.6 Å². The van der Waals surface area contributed by atoms with Gasteiger partial charge in [-0.3, -0.25) is 0 Å². The van der Waals surface area contributed by atoms with E-state index < -0.39 is 10.0 Å². The van der Waals surface area contributed by atoms with Crippen molar-refractivity contribution in [2.45, 2.75) is 30.6 Å². The van der Waals surface area contributed by atoms with Crippen LogP contribution in [0.25, 0.3) is 0 Å². The number of hydrogen-bond donors (Lipinski definition) is 2. The molecule has 1 aliphatic carbocycles. The fourth-order valence-electron chi connectivity index (χ4n) is 2.20. The van der Waals surface area contributed by atoms with Crippen LogP contribution in [0.5, 0.6) is 0 Å². The fraction of sp³-hybridized carbons (Fsp3) is 0.500. The Bertz CT molecular complexity index is 525. The molecule has 0 spiro atoms. The number of hydrogen-bond acceptors (Lipinski definition) is 3. The molecule has 0 amide bonds. The quantitative estimate of drug-likeness (QED) is 0.832. The van der Waals surface area contributed by atoms with Crippen molar-refractivity contribution in [3.63, 3.8) is 0 Å². The first-order valence-corrected chi connectivity index (χ1v) is 8.31. The van der Waals surface area contributed by atoms with Crippen molar-refractivity contribution >= 4 is 31.6 Å². The number of halogens is 1. The molecule has 0 bridgehead atoms. The van der Waals surface area contributed by atoms with E-state index in [1.54, 1.807) is 6.07 Å². The van der Waals surface area contributed by atoms with Crippen molar-refractivity contribution in [2.24, 2.45) is 5.92 Å². The van der Waals surface area contributed by atoms with Crippen LogP contribution in [-0.4, -0.2) is 15.0 Å². The van der Waals surface area contributed by atoms with E-state index in [1.165, 1.54) is 25.0 Å². The molecule has 2 rings (SSSR count). The number of sulfonamides is 1. The van der Waals surface area contributed by atoms with Gasteiger partial charge in [-0.05, 0) is 52.9 Å². The summed E-state index contributed by atoms with van der Waals surface area (Å²) in [5.74, 6) is 0.483. The first kappa shape index (κ1) is 13.8. The third-order valence-corrected chi connectivity index (χ3v) is 5.43. The van der Waals surface area contributed by atoms with E-state index >= 15 is 0 Å². The van der Waals surface area contributed by atoms with Gasteiger partial charge in [0.25, 0.3) is 0 Å². The monoisotopic (exact) mass is 332 g/mol. The molecule has 18 heavy (non-hydrogen) atoms. The highest BCUT2D eigenvalue weighted by Crippen LogP contribution is 2.25. The average molecular weight is 333 g/mol. The number of benzene rings is 1. The van der Waals surface area contributed by atoms with Crippen molar-refractivity contribution in [3.8, 4) is 0 Å².